The van der Waals surface area contributed by atoms with Crippen LogP contribution in [0.25, 0.3) is 0 Å². The average molecular weight is 331 g/mol. The number of aromatic nitrogens is 2. The molecule has 0 saturated heterocycles. The molecule has 1 aliphatic rings. The number of fused-ring (bicyclic) bond motifs is 1. The van der Waals surface area contributed by atoms with Gasteiger partial charge in [-0.2, -0.15) is 0 Å². The molecular formula is C18H22FN3O2. The van der Waals surface area contributed by atoms with Crippen LogP contribution >= 0.6 is 0 Å². The summed E-state index contributed by atoms with van der Waals surface area (Å²) < 4.78 is 20.8. The van der Waals surface area contributed by atoms with Crippen molar-refractivity contribution in [3.05, 3.63) is 47.3 Å². The molecule has 1 aromatic heterocycles. The van der Waals surface area contributed by atoms with Crippen LogP contribution in [0.2, 0.25) is 0 Å². The number of rotatable bonds is 5. The number of nitrogens with zero attached hydrogens (tertiary/aromatic N) is 3. The van der Waals surface area contributed by atoms with E-state index >= 15 is 0 Å². The Labute approximate surface area is 141 Å². The average Bonchev–Trinajstić information content (AvgIpc) is 2.91. The maximum atomic E-state index is 13.1. The van der Waals surface area contributed by atoms with Gasteiger partial charge in [0.1, 0.15) is 29.7 Å². The fourth-order valence-electron chi connectivity index (χ4n) is 3.03. The van der Waals surface area contributed by atoms with Crippen molar-refractivity contribution in [1.82, 2.24) is 14.5 Å². The van der Waals surface area contributed by atoms with Gasteiger partial charge in [-0.25, -0.2) is 9.37 Å². The van der Waals surface area contributed by atoms with Gasteiger partial charge in [-0.3, -0.25) is 4.79 Å². The molecule has 2 heterocycles. The van der Waals surface area contributed by atoms with Crippen LogP contribution in [0.3, 0.4) is 0 Å². The molecule has 3 rings (SSSR count). The Morgan fingerprint density at radius 2 is 2.25 bits per heavy atom. The van der Waals surface area contributed by atoms with Gasteiger partial charge in [0.25, 0.3) is 5.91 Å². The normalized spacial score (nSPS) is 13.5. The molecule has 1 amide bonds. The smallest absolute Gasteiger partial charge is 0.274 e. The second-order valence-corrected chi connectivity index (χ2v) is 6.10. The molecule has 5 nitrogen and oxygen atoms in total. The van der Waals surface area contributed by atoms with Gasteiger partial charge >= 0.3 is 0 Å². The van der Waals surface area contributed by atoms with E-state index < -0.39 is 0 Å². The van der Waals surface area contributed by atoms with Crippen molar-refractivity contribution in [2.45, 2.75) is 32.7 Å². The van der Waals surface area contributed by atoms with Crippen LogP contribution in [0.15, 0.2) is 24.3 Å². The zero-order valence-electron chi connectivity index (χ0n) is 14.1. The summed E-state index contributed by atoms with van der Waals surface area (Å²) in [5.74, 6) is 0.942. The quantitative estimate of drug-likeness (QED) is 0.846. The number of aryl methyl sites for hydroxylation is 1. The molecule has 0 aliphatic carbocycles. The molecule has 0 fully saturated rings. The molecule has 0 unspecified atom stereocenters. The number of benzene rings is 1. The second kappa shape index (κ2) is 7.03. The molecule has 1 aliphatic heterocycles. The zero-order chi connectivity index (χ0) is 17.1. The van der Waals surface area contributed by atoms with Gasteiger partial charge in [0, 0.05) is 19.7 Å². The number of carbonyl (C=O) groups is 1. The lowest BCUT2D eigenvalue weighted by Crippen LogP contribution is -2.32. The van der Waals surface area contributed by atoms with E-state index in [1.807, 2.05) is 6.92 Å². The van der Waals surface area contributed by atoms with Crippen LogP contribution in [0, 0.1) is 12.7 Å². The molecule has 0 radical (unpaired) electrons. The summed E-state index contributed by atoms with van der Waals surface area (Å²) in [5.41, 5.74) is 1.60. The number of amides is 1. The molecule has 0 saturated carbocycles. The SMILES string of the molecule is Cc1nc(C(=O)N(C)CCOc2cccc(F)c2)c2n1CCCC2. The minimum absolute atomic E-state index is 0.0865. The van der Waals surface area contributed by atoms with Crippen LogP contribution in [0.1, 0.15) is 34.8 Å². The Morgan fingerprint density at radius 3 is 3.04 bits per heavy atom. The minimum Gasteiger partial charge on any atom is -0.492 e. The van der Waals surface area contributed by atoms with Crippen molar-refractivity contribution in [2.24, 2.45) is 0 Å². The van der Waals surface area contributed by atoms with Crippen molar-refractivity contribution in [3.8, 4) is 5.75 Å². The van der Waals surface area contributed by atoms with Gasteiger partial charge < -0.3 is 14.2 Å². The Bertz CT molecular complexity index is 742. The van der Waals surface area contributed by atoms with E-state index in [4.69, 9.17) is 4.74 Å². The van der Waals surface area contributed by atoms with Crippen molar-refractivity contribution < 1.29 is 13.9 Å². The number of hydrogen-bond donors (Lipinski definition) is 0. The lowest BCUT2D eigenvalue weighted by Gasteiger charge is -2.19. The number of halogens is 1. The second-order valence-electron chi connectivity index (χ2n) is 6.10. The van der Waals surface area contributed by atoms with Crippen molar-refractivity contribution in [2.75, 3.05) is 20.2 Å². The molecule has 0 spiro atoms. The van der Waals surface area contributed by atoms with Gasteiger partial charge in [0.15, 0.2) is 0 Å². The summed E-state index contributed by atoms with van der Waals surface area (Å²) in [6.07, 6.45) is 3.13. The maximum absolute atomic E-state index is 13.1. The number of carbonyl (C=O) groups excluding carboxylic acids is 1. The lowest BCUT2D eigenvalue weighted by atomic mass is 10.1. The highest BCUT2D eigenvalue weighted by molar-refractivity contribution is 5.93. The molecule has 24 heavy (non-hydrogen) atoms. The molecule has 2 aromatic rings. The largest absolute Gasteiger partial charge is 0.492 e. The predicted molar refractivity (Wildman–Crippen MR) is 88.8 cm³/mol. The van der Waals surface area contributed by atoms with E-state index in [0.717, 1.165) is 37.3 Å². The van der Waals surface area contributed by atoms with E-state index in [2.05, 4.69) is 9.55 Å². The summed E-state index contributed by atoms with van der Waals surface area (Å²) in [7, 11) is 1.74. The maximum Gasteiger partial charge on any atom is 0.274 e. The zero-order valence-corrected chi connectivity index (χ0v) is 14.1. The highest BCUT2D eigenvalue weighted by Crippen LogP contribution is 2.21. The molecule has 128 valence electrons. The Hall–Kier alpha value is -2.37. The fourth-order valence-corrected chi connectivity index (χ4v) is 3.03. The molecule has 0 bridgehead atoms. The number of likely N-dealkylation sites (N-methyl/N-ethyl adjacent to an activating group) is 1. The first-order chi connectivity index (χ1) is 11.6. The first-order valence-electron chi connectivity index (χ1n) is 8.26. The van der Waals surface area contributed by atoms with E-state index in [0.29, 0.717) is 24.6 Å². The van der Waals surface area contributed by atoms with E-state index in [1.165, 1.54) is 12.1 Å². The van der Waals surface area contributed by atoms with Crippen LogP contribution in [0.4, 0.5) is 4.39 Å². The minimum atomic E-state index is -0.336. The third-order valence-corrected chi connectivity index (χ3v) is 4.35. The third kappa shape index (κ3) is 3.42. The van der Waals surface area contributed by atoms with Gasteiger partial charge in [-0.05, 0) is 38.3 Å². The van der Waals surface area contributed by atoms with Crippen LogP contribution in [-0.2, 0) is 13.0 Å². The van der Waals surface area contributed by atoms with Gasteiger partial charge in [-0.1, -0.05) is 6.07 Å². The summed E-state index contributed by atoms with van der Waals surface area (Å²) in [4.78, 5) is 18.7. The first-order valence-corrected chi connectivity index (χ1v) is 8.26. The summed E-state index contributed by atoms with van der Waals surface area (Å²) in [6, 6.07) is 5.99. The lowest BCUT2D eigenvalue weighted by molar-refractivity contribution is 0.0766. The first kappa shape index (κ1) is 16.5. The standard InChI is InChI=1S/C18H22FN3O2/c1-13-20-17(16-8-3-4-9-22(13)16)18(23)21(2)10-11-24-15-7-5-6-14(19)12-15/h5-7,12H,3-4,8-11H2,1-2H3. The third-order valence-electron chi connectivity index (χ3n) is 4.35. The number of ether oxygens (including phenoxy) is 1. The molecule has 0 atom stereocenters. The van der Waals surface area contributed by atoms with Crippen molar-refractivity contribution in [1.29, 1.82) is 0 Å². The monoisotopic (exact) mass is 331 g/mol. The van der Waals surface area contributed by atoms with Gasteiger partial charge in [0.05, 0.1) is 12.2 Å². The Balaban J connectivity index is 1.61. The number of hydrogen-bond acceptors (Lipinski definition) is 3. The topological polar surface area (TPSA) is 47.4 Å². The Morgan fingerprint density at radius 1 is 1.42 bits per heavy atom. The van der Waals surface area contributed by atoms with Crippen LogP contribution in [0.5, 0.6) is 5.75 Å². The Kier molecular flexibility index (Phi) is 4.83. The molecule has 0 N–H and O–H groups in total. The van der Waals surface area contributed by atoms with E-state index in [9.17, 15) is 9.18 Å². The van der Waals surface area contributed by atoms with Crippen molar-refractivity contribution >= 4 is 5.91 Å². The molecular weight excluding hydrogens is 309 g/mol. The highest BCUT2D eigenvalue weighted by Gasteiger charge is 2.24. The van der Waals surface area contributed by atoms with Crippen LogP contribution < -0.4 is 4.74 Å². The fraction of sp³-hybridized carbons (Fsp3) is 0.444. The van der Waals surface area contributed by atoms with E-state index in [1.54, 1.807) is 24.1 Å². The van der Waals surface area contributed by atoms with Gasteiger partial charge in [-0.15, -0.1) is 0 Å². The van der Waals surface area contributed by atoms with Crippen molar-refractivity contribution in [3.63, 3.8) is 0 Å². The highest BCUT2D eigenvalue weighted by atomic mass is 19.1. The summed E-state index contributed by atoms with van der Waals surface area (Å²) in [5, 5.41) is 0. The summed E-state index contributed by atoms with van der Waals surface area (Å²) in [6.45, 7) is 3.61. The van der Waals surface area contributed by atoms with E-state index in [-0.39, 0.29) is 11.7 Å². The molecule has 6 heteroatoms. The van der Waals surface area contributed by atoms with Gasteiger partial charge in [0.2, 0.25) is 0 Å². The summed E-state index contributed by atoms with van der Waals surface area (Å²) >= 11 is 0. The predicted octanol–water partition coefficient (Wildman–Crippen LogP) is 2.82. The number of imidazole rings is 1. The van der Waals surface area contributed by atoms with Crippen LogP contribution in [-0.4, -0.2) is 40.6 Å². The molecule has 1 aromatic carbocycles.